The molecular weight excluding hydrogens is 292 g/mol. The number of carboxylic acids is 2. The van der Waals surface area contributed by atoms with Crippen LogP contribution in [0.3, 0.4) is 0 Å². The van der Waals surface area contributed by atoms with Crippen molar-refractivity contribution in [1.82, 2.24) is 0 Å². The number of Topliss-reactive ketones (excluding diaryl/α,β-unsaturated/α-hetero) is 2. The van der Waals surface area contributed by atoms with Crippen molar-refractivity contribution in [2.24, 2.45) is 11.5 Å². The second-order valence-electron chi connectivity index (χ2n) is 6.35. The van der Waals surface area contributed by atoms with Crippen molar-refractivity contribution in [3.63, 3.8) is 0 Å². The predicted molar refractivity (Wildman–Crippen MR) is 82.4 cm³/mol. The minimum atomic E-state index is -1.82. The summed E-state index contributed by atoms with van der Waals surface area (Å²) >= 11 is 0. The fraction of sp³-hybridized carbons (Fsp3) is 0.714. The highest BCUT2D eigenvalue weighted by atomic mass is 16.4. The maximum Gasteiger partial charge on any atom is 0.414 e. The fourth-order valence-electron chi connectivity index (χ4n) is 1.28. The zero-order chi connectivity index (χ0) is 18.7. The molecule has 22 heavy (non-hydrogen) atoms. The molecule has 130 valence electrons. The molecule has 0 aromatic carbocycles. The Morgan fingerprint density at radius 1 is 0.727 bits per heavy atom. The summed E-state index contributed by atoms with van der Waals surface area (Å²) in [6, 6.07) is 0. The van der Waals surface area contributed by atoms with Gasteiger partial charge in [-0.15, -0.1) is 0 Å². The normalized spacial score (nSPS) is 10.4. The first-order valence-electron chi connectivity index (χ1n) is 6.51. The zero-order valence-corrected chi connectivity index (χ0v) is 14.1. The average Bonchev–Trinajstić information content (AvgIpc) is 2.09. The first kappa shape index (κ1) is 25.2. The summed E-state index contributed by atoms with van der Waals surface area (Å²) in [5, 5.41) is 14.8. The van der Waals surface area contributed by atoms with Crippen LogP contribution in [0.25, 0.3) is 0 Å². The van der Waals surface area contributed by atoms with Gasteiger partial charge in [-0.3, -0.25) is 9.59 Å². The largest absolute Gasteiger partial charge is 0.473 e. The van der Waals surface area contributed by atoms with E-state index in [2.05, 4.69) is 0 Å². The molecule has 6 N–H and O–H groups in total. The number of carboxylic acid groups (broad SMARTS) is 2. The molecule has 0 saturated carbocycles. The Morgan fingerprint density at radius 2 is 0.909 bits per heavy atom. The minimum Gasteiger partial charge on any atom is -0.473 e. The number of hydrogen-bond acceptors (Lipinski definition) is 6. The smallest absolute Gasteiger partial charge is 0.414 e. The quantitative estimate of drug-likeness (QED) is 0.546. The van der Waals surface area contributed by atoms with Crippen molar-refractivity contribution in [1.29, 1.82) is 0 Å². The van der Waals surface area contributed by atoms with Gasteiger partial charge in [0.25, 0.3) is 0 Å². The van der Waals surface area contributed by atoms with Gasteiger partial charge < -0.3 is 21.7 Å². The van der Waals surface area contributed by atoms with Crippen LogP contribution in [-0.4, -0.2) is 44.8 Å². The predicted octanol–water partition coefficient (Wildman–Crippen LogP) is 0.561. The van der Waals surface area contributed by atoms with Gasteiger partial charge in [0.05, 0.1) is 0 Å². The first-order chi connectivity index (χ1) is 9.48. The van der Waals surface area contributed by atoms with Gasteiger partial charge in [-0.2, -0.15) is 0 Å². The third-order valence-corrected chi connectivity index (χ3v) is 1.59. The van der Waals surface area contributed by atoms with Crippen molar-refractivity contribution in [2.45, 2.75) is 65.5 Å². The molecule has 0 amide bonds. The lowest BCUT2D eigenvalue weighted by Gasteiger charge is -2.14. The summed E-state index contributed by atoms with van der Waals surface area (Å²) < 4.78 is 0. The molecule has 0 aromatic rings. The number of rotatable bonds is 4. The molecule has 8 heteroatoms. The van der Waals surface area contributed by atoms with Gasteiger partial charge in [0.1, 0.15) is 11.6 Å². The van der Waals surface area contributed by atoms with Gasteiger partial charge in [0, 0.05) is 23.9 Å². The fourth-order valence-corrected chi connectivity index (χ4v) is 1.28. The molecule has 0 heterocycles. The summed E-state index contributed by atoms with van der Waals surface area (Å²) in [7, 11) is 0. The standard InChI is InChI=1S/2C6H13NO.C2H2O4/c2*1-5(8)4-6(2,3)7;3-1(4)2(5)6/h2*4,7H2,1-3H3;(H,3,4)(H,5,6). The van der Waals surface area contributed by atoms with Crippen LogP contribution in [-0.2, 0) is 19.2 Å². The second kappa shape index (κ2) is 10.9. The van der Waals surface area contributed by atoms with Crippen LogP contribution >= 0.6 is 0 Å². The molecule has 0 rings (SSSR count). The maximum atomic E-state index is 10.4. The molecule has 0 aromatic heterocycles. The lowest BCUT2D eigenvalue weighted by atomic mass is 10.0. The van der Waals surface area contributed by atoms with Gasteiger partial charge >= 0.3 is 11.9 Å². The van der Waals surface area contributed by atoms with E-state index in [1.807, 2.05) is 27.7 Å². The summed E-state index contributed by atoms with van der Waals surface area (Å²) in [6.45, 7) is 10.5. The van der Waals surface area contributed by atoms with E-state index < -0.39 is 11.9 Å². The second-order valence-corrected chi connectivity index (χ2v) is 6.35. The van der Waals surface area contributed by atoms with E-state index in [4.69, 9.17) is 31.3 Å². The molecule has 0 bridgehead atoms. The van der Waals surface area contributed by atoms with Crippen molar-refractivity contribution >= 4 is 23.5 Å². The van der Waals surface area contributed by atoms with E-state index in [0.717, 1.165) is 0 Å². The average molecular weight is 320 g/mol. The van der Waals surface area contributed by atoms with Crippen LogP contribution < -0.4 is 11.5 Å². The van der Waals surface area contributed by atoms with Gasteiger partial charge in [-0.05, 0) is 41.5 Å². The summed E-state index contributed by atoms with van der Waals surface area (Å²) in [6.07, 6.45) is 0.931. The minimum absolute atomic E-state index is 0.150. The highest BCUT2D eigenvalue weighted by molar-refractivity contribution is 6.27. The molecule has 0 spiro atoms. The molecule has 0 saturated heterocycles. The number of aliphatic carboxylic acids is 2. The van der Waals surface area contributed by atoms with Crippen molar-refractivity contribution in [2.75, 3.05) is 0 Å². The number of carbonyl (C=O) groups excluding carboxylic acids is 2. The molecule has 0 unspecified atom stereocenters. The molecular formula is C14H28N2O6. The van der Waals surface area contributed by atoms with E-state index in [9.17, 15) is 9.59 Å². The van der Waals surface area contributed by atoms with Gasteiger partial charge in [-0.1, -0.05) is 0 Å². The molecule has 0 aliphatic heterocycles. The summed E-state index contributed by atoms with van der Waals surface area (Å²) in [5.41, 5.74) is 10.4. The lowest BCUT2D eigenvalue weighted by Crippen LogP contribution is -2.33. The third kappa shape index (κ3) is 36.2. The Labute approximate surface area is 130 Å². The number of hydrogen-bond donors (Lipinski definition) is 4. The Morgan fingerprint density at radius 3 is 0.909 bits per heavy atom. The Bertz CT molecular complexity index is 353. The van der Waals surface area contributed by atoms with E-state index in [0.29, 0.717) is 12.8 Å². The third-order valence-electron chi connectivity index (χ3n) is 1.59. The van der Waals surface area contributed by atoms with E-state index in [-0.39, 0.29) is 22.6 Å². The SMILES string of the molecule is CC(=O)CC(C)(C)N.CC(=O)CC(C)(C)N.O=C(O)C(=O)O. The molecule has 0 fully saturated rings. The van der Waals surface area contributed by atoms with Gasteiger partial charge in [0.15, 0.2) is 0 Å². The van der Waals surface area contributed by atoms with E-state index in [1.54, 1.807) is 13.8 Å². The van der Waals surface area contributed by atoms with E-state index in [1.165, 1.54) is 0 Å². The highest BCUT2D eigenvalue weighted by Crippen LogP contribution is 2.03. The van der Waals surface area contributed by atoms with Crippen LogP contribution in [0.2, 0.25) is 0 Å². The topological polar surface area (TPSA) is 161 Å². The Kier molecular flexibility index (Phi) is 12.4. The van der Waals surface area contributed by atoms with Crippen LogP contribution in [0, 0.1) is 0 Å². The Hall–Kier alpha value is -1.80. The monoisotopic (exact) mass is 320 g/mol. The van der Waals surface area contributed by atoms with Crippen LogP contribution in [0.5, 0.6) is 0 Å². The molecule has 0 atom stereocenters. The zero-order valence-electron chi connectivity index (χ0n) is 14.1. The number of nitrogens with two attached hydrogens (primary N) is 2. The number of ketones is 2. The highest BCUT2D eigenvalue weighted by Gasteiger charge is 2.12. The van der Waals surface area contributed by atoms with Gasteiger partial charge in [-0.25, -0.2) is 9.59 Å². The molecule has 0 aliphatic rings. The number of carbonyl (C=O) groups is 4. The van der Waals surface area contributed by atoms with Crippen molar-refractivity contribution in [3.8, 4) is 0 Å². The molecule has 8 nitrogen and oxygen atoms in total. The summed E-state index contributed by atoms with van der Waals surface area (Å²) in [5.74, 6) is -3.35. The van der Waals surface area contributed by atoms with Crippen molar-refractivity contribution < 1.29 is 29.4 Å². The molecule has 0 aliphatic carbocycles. The van der Waals surface area contributed by atoms with Crippen LogP contribution in [0.1, 0.15) is 54.4 Å². The van der Waals surface area contributed by atoms with Crippen molar-refractivity contribution in [3.05, 3.63) is 0 Å². The summed E-state index contributed by atoms with van der Waals surface area (Å²) in [4.78, 5) is 39.0. The first-order valence-corrected chi connectivity index (χ1v) is 6.51. The molecule has 0 radical (unpaired) electrons. The van der Waals surface area contributed by atoms with Crippen LogP contribution in [0.15, 0.2) is 0 Å². The van der Waals surface area contributed by atoms with E-state index >= 15 is 0 Å². The maximum absolute atomic E-state index is 10.4. The lowest BCUT2D eigenvalue weighted by molar-refractivity contribution is -0.159. The van der Waals surface area contributed by atoms with Gasteiger partial charge in [0.2, 0.25) is 0 Å². The van der Waals surface area contributed by atoms with Crippen LogP contribution in [0.4, 0.5) is 0 Å². The Balaban J connectivity index is -0.000000249.